The van der Waals surface area contributed by atoms with E-state index in [0.29, 0.717) is 20.7 Å². The Kier molecular flexibility index (Phi) is 4.01. The van der Waals surface area contributed by atoms with E-state index in [1.165, 1.54) is 17.4 Å². The molecule has 108 valence electrons. The topological polar surface area (TPSA) is 55.1 Å². The molecule has 3 aromatic rings. The zero-order valence-electron chi connectivity index (χ0n) is 10.4. The second kappa shape index (κ2) is 5.78. The molecule has 0 saturated heterocycles. The third kappa shape index (κ3) is 2.83. The third-order valence-corrected chi connectivity index (χ3v) is 4.96. The maximum Gasteiger partial charge on any atom is 0.313 e. The van der Waals surface area contributed by atoms with Gasteiger partial charge in [0.2, 0.25) is 0 Å². The van der Waals surface area contributed by atoms with Crippen LogP contribution in [0.4, 0.5) is 4.39 Å². The van der Waals surface area contributed by atoms with Gasteiger partial charge in [0.05, 0.1) is 26.9 Å². The van der Waals surface area contributed by atoms with Gasteiger partial charge in [0, 0.05) is 11.4 Å². The molecule has 3 rings (SSSR count). The molecule has 1 aromatic carbocycles. The molecule has 0 aliphatic carbocycles. The van der Waals surface area contributed by atoms with Crippen molar-refractivity contribution in [3.05, 3.63) is 39.2 Å². The van der Waals surface area contributed by atoms with Crippen molar-refractivity contribution in [1.82, 2.24) is 9.55 Å². The molecule has 21 heavy (non-hydrogen) atoms. The molecule has 0 spiro atoms. The quantitative estimate of drug-likeness (QED) is 0.683. The Hall–Kier alpha value is -1.38. The summed E-state index contributed by atoms with van der Waals surface area (Å²) in [5.41, 5.74) is 2.07. The van der Waals surface area contributed by atoms with Crippen molar-refractivity contribution >= 4 is 56.0 Å². The molecule has 0 aliphatic heterocycles. The van der Waals surface area contributed by atoms with E-state index in [4.69, 9.17) is 5.11 Å². The molecule has 0 bridgehead atoms. The molecular formula is C13H8BrFN2O2S2. The molecule has 0 atom stereocenters. The average Bonchev–Trinajstić information content (AvgIpc) is 3.04. The summed E-state index contributed by atoms with van der Waals surface area (Å²) in [7, 11) is 0. The van der Waals surface area contributed by atoms with Gasteiger partial charge in [-0.05, 0) is 33.4 Å². The van der Waals surface area contributed by atoms with E-state index in [0.717, 1.165) is 17.4 Å². The number of fused-ring (bicyclic) bond motifs is 1. The number of benzene rings is 1. The number of aromatic nitrogens is 2. The molecule has 0 radical (unpaired) electrons. The van der Waals surface area contributed by atoms with Crippen LogP contribution < -0.4 is 0 Å². The first-order chi connectivity index (χ1) is 10.1. The van der Waals surface area contributed by atoms with Crippen LogP contribution in [0.25, 0.3) is 16.7 Å². The SMILES string of the molecule is O=C(O)CSc1nc2cc(Br)c(F)cc2n1-c1ccsc1. The number of halogens is 2. The lowest BCUT2D eigenvalue weighted by Gasteiger charge is -2.05. The Labute approximate surface area is 135 Å². The molecule has 2 heterocycles. The zero-order chi connectivity index (χ0) is 15.0. The first kappa shape index (κ1) is 14.6. The molecule has 4 nitrogen and oxygen atoms in total. The highest BCUT2D eigenvalue weighted by molar-refractivity contribution is 9.10. The van der Waals surface area contributed by atoms with E-state index in [2.05, 4.69) is 20.9 Å². The van der Waals surface area contributed by atoms with Crippen LogP contribution in [0.3, 0.4) is 0 Å². The van der Waals surface area contributed by atoms with Gasteiger partial charge < -0.3 is 5.11 Å². The van der Waals surface area contributed by atoms with Crippen LogP contribution in [0.2, 0.25) is 0 Å². The summed E-state index contributed by atoms with van der Waals surface area (Å²) in [6.07, 6.45) is 0. The number of carboxylic acid groups (broad SMARTS) is 1. The Morgan fingerprint density at radius 2 is 2.33 bits per heavy atom. The van der Waals surface area contributed by atoms with Gasteiger partial charge in [0.1, 0.15) is 5.82 Å². The van der Waals surface area contributed by atoms with Crippen LogP contribution in [-0.4, -0.2) is 26.4 Å². The Morgan fingerprint density at radius 1 is 1.52 bits per heavy atom. The molecular weight excluding hydrogens is 379 g/mol. The van der Waals surface area contributed by atoms with Crippen LogP contribution >= 0.6 is 39.0 Å². The van der Waals surface area contributed by atoms with Gasteiger partial charge in [0.15, 0.2) is 5.16 Å². The third-order valence-electron chi connectivity index (χ3n) is 2.75. The van der Waals surface area contributed by atoms with Crippen molar-refractivity contribution in [2.24, 2.45) is 0 Å². The highest BCUT2D eigenvalue weighted by Gasteiger charge is 2.16. The van der Waals surface area contributed by atoms with E-state index >= 15 is 0 Å². The Morgan fingerprint density at radius 3 is 3.00 bits per heavy atom. The van der Waals surface area contributed by atoms with E-state index < -0.39 is 5.97 Å². The molecule has 2 aromatic heterocycles. The van der Waals surface area contributed by atoms with Crippen LogP contribution in [0.1, 0.15) is 0 Å². The standard InChI is InChI=1S/C13H8BrFN2O2S2/c14-8-3-10-11(4-9(8)15)17(7-1-2-20-5-7)13(16-10)21-6-12(18)19/h1-5H,6H2,(H,18,19). The summed E-state index contributed by atoms with van der Waals surface area (Å²) in [6, 6.07) is 4.88. The maximum atomic E-state index is 13.8. The van der Waals surface area contributed by atoms with Crippen LogP contribution in [0, 0.1) is 5.82 Å². The number of hydrogen-bond acceptors (Lipinski definition) is 4. The molecule has 0 saturated carbocycles. The average molecular weight is 387 g/mol. The van der Waals surface area contributed by atoms with Crippen molar-refractivity contribution in [2.75, 3.05) is 5.75 Å². The minimum atomic E-state index is -0.920. The first-order valence-electron chi connectivity index (χ1n) is 5.81. The predicted octanol–water partition coefficient (Wildman–Crippen LogP) is 4.17. The van der Waals surface area contributed by atoms with E-state index in [-0.39, 0.29) is 11.6 Å². The number of thioether (sulfide) groups is 1. The number of rotatable bonds is 4. The van der Waals surface area contributed by atoms with Crippen LogP contribution in [0.5, 0.6) is 0 Å². The fourth-order valence-electron chi connectivity index (χ4n) is 1.91. The summed E-state index contributed by atoms with van der Waals surface area (Å²) < 4.78 is 15.9. The van der Waals surface area contributed by atoms with Gasteiger partial charge in [-0.15, -0.1) is 0 Å². The summed E-state index contributed by atoms with van der Waals surface area (Å²) in [5, 5.41) is 13.2. The summed E-state index contributed by atoms with van der Waals surface area (Å²) >= 11 is 5.76. The molecule has 0 fully saturated rings. The molecule has 1 N–H and O–H groups in total. The van der Waals surface area contributed by atoms with Gasteiger partial charge in [-0.25, -0.2) is 9.37 Å². The summed E-state index contributed by atoms with van der Waals surface area (Å²) in [4.78, 5) is 15.2. The second-order valence-corrected chi connectivity index (χ2v) is 6.73. The van der Waals surface area contributed by atoms with Crippen LogP contribution in [-0.2, 0) is 4.79 Å². The number of nitrogens with zero attached hydrogens (tertiary/aromatic N) is 2. The highest BCUT2D eigenvalue weighted by atomic mass is 79.9. The lowest BCUT2D eigenvalue weighted by Crippen LogP contribution is -2.01. The summed E-state index contributed by atoms with van der Waals surface area (Å²) in [5.74, 6) is -1.40. The second-order valence-electron chi connectivity index (χ2n) is 4.15. The minimum Gasteiger partial charge on any atom is -0.481 e. The molecule has 8 heteroatoms. The smallest absolute Gasteiger partial charge is 0.313 e. The van der Waals surface area contributed by atoms with Crippen molar-refractivity contribution < 1.29 is 14.3 Å². The van der Waals surface area contributed by atoms with Crippen LogP contribution in [0.15, 0.2) is 38.6 Å². The van der Waals surface area contributed by atoms with Crippen molar-refractivity contribution in [3.8, 4) is 5.69 Å². The van der Waals surface area contributed by atoms with Gasteiger partial charge in [-0.1, -0.05) is 11.8 Å². The number of imidazole rings is 1. The van der Waals surface area contributed by atoms with Gasteiger partial charge in [0.25, 0.3) is 0 Å². The highest BCUT2D eigenvalue weighted by Crippen LogP contribution is 2.31. The molecule has 0 aliphatic rings. The zero-order valence-corrected chi connectivity index (χ0v) is 13.6. The van der Waals surface area contributed by atoms with Gasteiger partial charge in [-0.3, -0.25) is 9.36 Å². The monoisotopic (exact) mass is 386 g/mol. The van der Waals surface area contributed by atoms with Gasteiger partial charge in [-0.2, -0.15) is 11.3 Å². The Balaban J connectivity index is 2.20. The van der Waals surface area contributed by atoms with E-state index in [1.807, 2.05) is 16.8 Å². The number of carboxylic acids is 1. The lowest BCUT2D eigenvalue weighted by atomic mass is 10.3. The van der Waals surface area contributed by atoms with E-state index in [9.17, 15) is 9.18 Å². The fourth-order valence-corrected chi connectivity index (χ4v) is 3.61. The number of aliphatic carboxylic acids is 1. The molecule has 0 unspecified atom stereocenters. The normalized spacial score (nSPS) is 11.1. The first-order valence-corrected chi connectivity index (χ1v) is 8.53. The number of hydrogen-bond donors (Lipinski definition) is 1. The van der Waals surface area contributed by atoms with E-state index in [1.54, 1.807) is 10.6 Å². The van der Waals surface area contributed by atoms with Crippen molar-refractivity contribution in [2.45, 2.75) is 5.16 Å². The number of carbonyl (C=O) groups is 1. The number of thiophene rings is 1. The maximum absolute atomic E-state index is 13.8. The largest absolute Gasteiger partial charge is 0.481 e. The predicted molar refractivity (Wildman–Crippen MR) is 85.0 cm³/mol. The minimum absolute atomic E-state index is 0.100. The Bertz CT molecular complexity index is 817. The van der Waals surface area contributed by atoms with Crippen molar-refractivity contribution in [1.29, 1.82) is 0 Å². The molecule has 0 amide bonds. The summed E-state index contributed by atoms with van der Waals surface area (Å²) in [6.45, 7) is 0. The van der Waals surface area contributed by atoms with Gasteiger partial charge >= 0.3 is 5.97 Å². The fraction of sp³-hybridized carbons (Fsp3) is 0.0769. The van der Waals surface area contributed by atoms with Crippen molar-refractivity contribution in [3.63, 3.8) is 0 Å². The lowest BCUT2D eigenvalue weighted by molar-refractivity contribution is -0.133.